The van der Waals surface area contributed by atoms with Gasteiger partial charge in [0.05, 0.1) is 27.6 Å². The molecular weight excluding hydrogens is 370 g/mol. The monoisotopic (exact) mass is 397 g/mol. The van der Waals surface area contributed by atoms with Gasteiger partial charge in [0.2, 0.25) is 17.1 Å². The largest absolute Gasteiger partial charge is 0.303 e. The highest BCUT2D eigenvalue weighted by atomic mass is 16.6. The van der Waals surface area contributed by atoms with Crippen LogP contribution in [0.1, 0.15) is 71.1 Å². The maximum atomic E-state index is 11.1. The Labute approximate surface area is 163 Å². The summed E-state index contributed by atoms with van der Waals surface area (Å²) in [6.07, 6.45) is 9.15. The number of hydrogen-bond donors (Lipinski definition) is 0. The van der Waals surface area contributed by atoms with E-state index in [4.69, 9.17) is 0 Å². The van der Waals surface area contributed by atoms with Crippen LogP contribution >= 0.6 is 0 Å². The summed E-state index contributed by atoms with van der Waals surface area (Å²) in [5.74, 6) is 0. The molecule has 28 heavy (non-hydrogen) atoms. The van der Waals surface area contributed by atoms with Crippen molar-refractivity contribution in [3.8, 4) is 0 Å². The van der Waals surface area contributed by atoms with Gasteiger partial charge in [0.15, 0.2) is 0 Å². The summed E-state index contributed by atoms with van der Waals surface area (Å²) in [5.41, 5.74) is -0.550. The molecule has 0 rings (SSSR count). The van der Waals surface area contributed by atoms with Crippen molar-refractivity contribution in [1.29, 1.82) is 0 Å². The smallest absolute Gasteiger partial charge is 0.246 e. The molecule has 0 N–H and O–H groups in total. The van der Waals surface area contributed by atoms with E-state index in [1.807, 2.05) is 0 Å². The molecule has 10 nitrogen and oxygen atoms in total. The maximum absolute atomic E-state index is 11.1. The molecule has 0 atom stereocenters. The average Bonchev–Trinajstić information content (AvgIpc) is 2.63. The number of allylic oxidation sites excluding steroid dienone is 4. The minimum Gasteiger partial charge on any atom is -0.303 e. The van der Waals surface area contributed by atoms with Crippen molar-refractivity contribution in [1.82, 2.24) is 0 Å². The van der Waals surface area contributed by atoms with Gasteiger partial charge in [-0.1, -0.05) is 26.2 Å². The van der Waals surface area contributed by atoms with Crippen LogP contribution in [-0.4, -0.2) is 21.1 Å². The number of nitro groups is 3. The zero-order valence-electron chi connectivity index (χ0n) is 16.1. The number of aldehydes is 1. The van der Waals surface area contributed by atoms with Crippen LogP contribution in [0, 0.1) is 30.3 Å². The van der Waals surface area contributed by atoms with Gasteiger partial charge in [-0.3, -0.25) is 30.3 Å². The molecule has 0 heterocycles. The minimum atomic E-state index is -0.676. The Morgan fingerprint density at radius 2 is 1.18 bits per heavy atom. The Hall–Kier alpha value is -2.91. The number of rotatable bonds is 16. The molecule has 0 unspecified atom stereocenters. The molecule has 156 valence electrons. The fourth-order valence-electron chi connectivity index (χ4n) is 2.48. The molecule has 0 saturated heterocycles. The molecule has 0 aliphatic rings. The summed E-state index contributed by atoms with van der Waals surface area (Å²) in [6.45, 7) is 1.72. The Morgan fingerprint density at radius 3 is 1.68 bits per heavy atom. The highest BCUT2D eigenvalue weighted by Crippen LogP contribution is 2.16. The van der Waals surface area contributed by atoms with Crippen molar-refractivity contribution in [2.24, 2.45) is 0 Å². The van der Waals surface area contributed by atoms with Gasteiger partial charge in [-0.05, 0) is 37.5 Å². The number of carbonyl (C=O) groups excluding carboxylic acids is 1. The van der Waals surface area contributed by atoms with E-state index >= 15 is 0 Å². The molecule has 0 radical (unpaired) electrons. The van der Waals surface area contributed by atoms with Crippen molar-refractivity contribution in [2.45, 2.75) is 71.1 Å². The van der Waals surface area contributed by atoms with Gasteiger partial charge >= 0.3 is 0 Å². The van der Waals surface area contributed by atoms with Gasteiger partial charge in [-0.15, -0.1) is 0 Å². The van der Waals surface area contributed by atoms with Crippen LogP contribution in [0.25, 0.3) is 0 Å². The van der Waals surface area contributed by atoms with Crippen molar-refractivity contribution in [2.75, 3.05) is 0 Å². The van der Waals surface area contributed by atoms with Crippen LogP contribution in [0.2, 0.25) is 0 Å². The summed E-state index contributed by atoms with van der Waals surface area (Å²) in [4.78, 5) is 41.5. The Kier molecular flexibility index (Phi) is 13.6. The molecule has 0 amide bonds. The van der Waals surface area contributed by atoms with Crippen molar-refractivity contribution < 1.29 is 19.6 Å². The Morgan fingerprint density at radius 1 is 0.714 bits per heavy atom. The average molecular weight is 397 g/mol. The first-order chi connectivity index (χ1) is 13.3. The van der Waals surface area contributed by atoms with Gasteiger partial charge in [-0.25, -0.2) is 0 Å². The third-order valence-electron chi connectivity index (χ3n) is 3.99. The fraction of sp³-hybridized carbons (Fsp3) is 0.611. The lowest BCUT2D eigenvalue weighted by Crippen LogP contribution is -2.03. The molecule has 0 aromatic heterocycles. The van der Waals surface area contributed by atoms with Crippen LogP contribution in [0.15, 0.2) is 35.3 Å². The van der Waals surface area contributed by atoms with E-state index in [2.05, 4.69) is 0 Å². The third-order valence-corrected chi connectivity index (χ3v) is 3.99. The second-order valence-corrected chi connectivity index (χ2v) is 6.15. The van der Waals surface area contributed by atoms with E-state index in [0.29, 0.717) is 19.3 Å². The lowest BCUT2D eigenvalue weighted by atomic mass is 10.1. The summed E-state index contributed by atoms with van der Waals surface area (Å²) in [5, 5.41) is 33.1. The van der Waals surface area contributed by atoms with Crippen molar-refractivity contribution >= 4 is 6.29 Å². The molecule has 0 aliphatic carbocycles. The van der Waals surface area contributed by atoms with E-state index in [1.54, 1.807) is 6.92 Å². The zero-order valence-corrected chi connectivity index (χ0v) is 16.1. The Balaban J connectivity index is 4.83. The van der Waals surface area contributed by atoms with E-state index < -0.39 is 14.8 Å². The standard InChI is InChI=1S/C18H27N3O7/c1-2-9-16(19(23)24)11-13-18(21(27)28)14-12-17(20(25)26)10-7-5-3-4-6-8-15-22/h9,12-13,15H,2-8,10-11,14H2,1H3/b16-9+,17-12+,18-13+. The van der Waals surface area contributed by atoms with Crippen LogP contribution in [0.5, 0.6) is 0 Å². The predicted molar refractivity (Wildman–Crippen MR) is 103 cm³/mol. The minimum absolute atomic E-state index is 0.0979. The topological polar surface area (TPSA) is 146 Å². The first kappa shape index (κ1) is 25.1. The second-order valence-electron chi connectivity index (χ2n) is 6.15. The molecule has 0 aliphatic heterocycles. The SMILES string of the molecule is CC/C=C(\C/C=C(\C/C=C(\CCCCCCCC=O)[N+](=O)[O-])[N+](=O)[O-])[N+](=O)[O-]. The van der Waals surface area contributed by atoms with Crippen LogP contribution in [0.3, 0.4) is 0 Å². The van der Waals surface area contributed by atoms with Crippen LogP contribution < -0.4 is 0 Å². The van der Waals surface area contributed by atoms with Gasteiger partial charge in [-0.2, -0.15) is 0 Å². The van der Waals surface area contributed by atoms with Crippen LogP contribution in [-0.2, 0) is 4.79 Å². The molecule has 0 saturated carbocycles. The summed E-state index contributed by atoms with van der Waals surface area (Å²) in [6, 6.07) is 0. The van der Waals surface area contributed by atoms with E-state index in [9.17, 15) is 35.1 Å². The molecule has 0 fully saturated rings. The summed E-state index contributed by atoms with van der Waals surface area (Å²) < 4.78 is 0. The normalized spacial score (nSPS) is 12.7. The number of hydrogen-bond acceptors (Lipinski definition) is 7. The first-order valence-electron chi connectivity index (χ1n) is 9.27. The fourth-order valence-corrected chi connectivity index (χ4v) is 2.48. The van der Waals surface area contributed by atoms with Gasteiger partial charge in [0.25, 0.3) is 0 Å². The predicted octanol–water partition coefficient (Wildman–Crippen LogP) is 4.59. The van der Waals surface area contributed by atoms with Gasteiger partial charge in [0, 0.05) is 12.8 Å². The lowest BCUT2D eigenvalue weighted by molar-refractivity contribution is -0.434. The van der Waals surface area contributed by atoms with Crippen LogP contribution in [0.4, 0.5) is 0 Å². The molecule has 10 heteroatoms. The molecule has 0 aromatic rings. The third kappa shape index (κ3) is 11.7. The zero-order chi connectivity index (χ0) is 21.4. The molecule has 0 aromatic carbocycles. The quantitative estimate of drug-likeness (QED) is 0.160. The number of nitrogens with zero attached hydrogens (tertiary/aromatic N) is 3. The van der Waals surface area contributed by atoms with Gasteiger partial charge < -0.3 is 4.79 Å². The molecular formula is C18H27N3O7. The number of unbranched alkanes of at least 4 members (excludes halogenated alkanes) is 5. The highest BCUT2D eigenvalue weighted by Gasteiger charge is 2.16. The molecule has 0 spiro atoms. The maximum Gasteiger partial charge on any atom is 0.246 e. The second kappa shape index (κ2) is 15.2. The summed E-state index contributed by atoms with van der Waals surface area (Å²) in [7, 11) is 0. The number of carbonyl (C=O) groups is 1. The van der Waals surface area contributed by atoms with E-state index in [1.165, 1.54) is 12.2 Å². The van der Waals surface area contributed by atoms with Crippen molar-refractivity contribution in [3.05, 3.63) is 65.7 Å². The summed E-state index contributed by atoms with van der Waals surface area (Å²) >= 11 is 0. The lowest BCUT2D eigenvalue weighted by Gasteiger charge is -2.01. The Bertz CT molecular complexity index is 639. The van der Waals surface area contributed by atoms with E-state index in [-0.39, 0.29) is 36.4 Å². The highest BCUT2D eigenvalue weighted by molar-refractivity contribution is 5.48. The molecule has 0 bridgehead atoms. The van der Waals surface area contributed by atoms with Gasteiger partial charge in [0.1, 0.15) is 6.29 Å². The van der Waals surface area contributed by atoms with Crippen molar-refractivity contribution in [3.63, 3.8) is 0 Å². The van der Waals surface area contributed by atoms with E-state index in [0.717, 1.165) is 38.0 Å². The first-order valence-corrected chi connectivity index (χ1v) is 9.27.